The summed E-state index contributed by atoms with van der Waals surface area (Å²) in [6.45, 7) is 2.10. The van der Waals surface area contributed by atoms with Crippen LogP contribution in [0.15, 0.2) is 64.3 Å². The van der Waals surface area contributed by atoms with Crippen LogP contribution in [-0.2, 0) is 16.6 Å². The molecule has 0 spiro atoms. The Hall–Kier alpha value is -3.96. The molecule has 0 radical (unpaired) electrons. The van der Waals surface area contributed by atoms with E-state index in [1.807, 2.05) is 18.2 Å². The Labute approximate surface area is 232 Å². The summed E-state index contributed by atoms with van der Waals surface area (Å²) in [5, 5.41) is 11.5. The number of pyridine rings is 1. The topological polar surface area (TPSA) is 95.7 Å². The molecule has 204 valence electrons. The van der Waals surface area contributed by atoms with Gasteiger partial charge in [-0.15, -0.1) is 3.89 Å². The fraction of sp³-hybridized carbons (Fsp3) is 0.312. The minimum Gasteiger partial charge on any atom is -0.340 e. The number of unbranched alkanes of at least 4 members (excludes halogenated alkanes) is 1. The Morgan fingerprint density at radius 2 is 1.85 bits per heavy atom. The van der Waals surface area contributed by atoms with E-state index in [2.05, 4.69) is 22.5 Å². The van der Waals surface area contributed by atoms with Gasteiger partial charge in [-0.3, -0.25) is 4.79 Å². The third kappa shape index (κ3) is 4.48. The normalized spacial score (nSPS) is 14.7. The zero-order chi connectivity index (χ0) is 28.0. The summed E-state index contributed by atoms with van der Waals surface area (Å²) in [7, 11) is -4.87. The van der Waals surface area contributed by atoms with Crippen molar-refractivity contribution in [3.8, 4) is 17.2 Å². The first-order valence-electron chi connectivity index (χ1n) is 13.9. The van der Waals surface area contributed by atoms with Crippen molar-refractivity contribution in [1.29, 1.82) is 5.26 Å². The van der Waals surface area contributed by atoms with Crippen molar-refractivity contribution in [3.05, 3.63) is 75.9 Å². The Bertz CT molecular complexity index is 1990. The van der Waals surface area contributed by atoms with Gasteiger partial charge in [0.15, 0.2) is 5.43 Å². The molecule has 1 aliphatic rings. The summed E-state index contributed by atoms with van der Waals surface area (Å²) in [6, 6.07) is 17.7. The highest BCUT2D eigenvalue weighted by Crippen LogP contribution is 2.38. The molecule has 0 bridgehead atoms. The average Bonchev–Trinajstić information content (AvgIpc) is 3.34. The quantitative estimate of drug-likeness (QED) is 0.217. The molecule has 40 heavy (non-hydrogen) atoms. The lowest BCUT2D eigenvalue weighted by Crippen LogP contribution is -2.18. The average molecular weight is 556 g/mol. The van der Waals surface area contributed by atoms with E-state index in [0.29, 0.717) is 28.3 Å². The molecule has 6 rings (SSSR count). The lowest BCUT2D eigenvalue weighted by atomic mass is 9.91. The Kier molecular flexibility index (Phi) is 6.71. The highest BCUT2D eigenvalue weighted by molar-refractivity contribution is 7.86. The molecule has 0 amide bonds. The van der Waals surface area contributed by atoms with Crippen LogP contribution in [0.5, 0.6) is 0 Å². The van der Waals surface area contributed by atoms with Gasteiger partial charge in [0.2, 0.25) is 0 Å². The Morgan fingerprint density at radius 3 is 2.58 bits per heavy atom. The first-order valence-corrected chi connectivity index (χ1v) is 15.3. The second kappa shape index (κ2) is 10.2. The number of H-pyrrole nitrogens is 1. The molecule has 1 saturated carbocycles. The number of nitrogens with zero attached hydrogens (tertiary/aromatic N) is 2. The summed E-state index contributed by atoms with van der Waals surface area (Å²) < 4.78 is 39.7. The third-order valence-corrected chi connectivity index (χ3v) is 9.08. The molecule has 5 aromatic rings. The van der Waals surface area contributed by atoms with Gasteiger partial charge in [0.1, 0.15) is 5.65 Å². The molecule has 6 nitrogen and oxygen atoms in total. The highest BCUT2D eigenvalue weighted by Gasteiger charge is 2.24. The molecule has 2 heterocycles. The van der Waals surface area contributed by atoms with E-state index in [0.717, 1.165) is 71.7 Å². The monoisotopic (exact) mass is 555 g/mol. The lowest BCUT2D eigenvalue weighted by Gasteiger charge is -2.28. The van der Waals surface area contributed by atoms with E-state index in [9.17, 15) is 22.4 Å². The number of rotatable bonds is 6. The van der Waals surface area contributed by atoms with Crippen LogP contribution in [0.3, 0.4) is 0 Å². The molecule has 0 aliphatic heterocycles. The Morgan fingerprint density at radius 1 is 1.05 bits per heavy atom. The van der Waals surface area contributed by atoms with Crippen LogP contribution >= 0.6 is 0 Å². The lowest BCUT2D eigenvalue weighted by molar-refractivity contribution is 0.365. The van der Waals surface area contributed by atoms with Crippen molar-refractivity contribution in [3.63, 3.8) is 0 Å². The summed E-state index contributed by atoms with van der Waals surface area (Å²) in [4.78, 5) is 17.3. The van der Waals surface area contributed by atoms with Gasteiger partial charge in [0, 0.05) is 22.3 Å². The smallest absolute Gasteiger partial charge is 0.332 e. The number of aromatic nitrogens is 2. The van der Waals surface area contributed by atoms with Gasteiger partial charge in [-0.25, -0.2) is 0 Å². The van der Waals surface area contributed by atoms with Crippen LogP contribution < -0.4 is 5.43 Å². The van der Waals surface area contributed by atoms with E-state index < -0.39 is 10.2 Å². The van der Waals surface area contributed by atoms with Gasteiger partial charge >= 0.3 is 10.2 Å². The number of nitriles is 1. The van der Waals surface area contributed by atoms with Crippen LogP contribution in [0.2, 0.25) is 0 Å². The molecule has 3 aromatic carbocycles. The van der Waals surface area contributed by atoms with Crippen molar-refractivity contribution in [2.75, 3.05) is 0 Å². The fourth-order valence-corrected chi connectivity index (χ4v) is 6.82. The number of fused-ring (bicyclic) bond motifs is 4. The van der Waals surface area contributed by atoms with E-state index >= 15 is 0 Å². The number of nitrogens with one attached hydrogen (secondary N) is 1. The summed E-state index contributed by atoms with van der Waals surface area (Å²) in [5.41, 5.74) is 5.05. The Balaban J connectivity index is 1.73. The number of hydrogen-bond donors (Lipinski definition) is 1. The molecular formula is C32H30FN3O3S. The third-order valence-electron chi connectivity index (χ3n) is 8.27. The first kappa shape index (κ1) is 26.3. The van der Waals surface area contributed by atoms with Crippen molar-refractivity contribution in [2.45, 2.75) is 69.2 Å². The number of halogens is 1. The number of aryl methyl sites for hydroxylation is 1. The molecule has 0 atom stereocenters. The zero-order valence-electron chi connectivity index (χ0n) is 22.3. The molecule has 1 fully saturated rings. The van der Waals surface area contributed by atoms with Crippen LogP contribution in [0.25, 0.3) is 44.0 Å². The molecule has 2 aromatic heterocycles. The van der Waals surface area contributed by atoms with Crippen LogP contribution in [0.1, 0.15) is 69.0 Å². The van der Waals surface area contributed by atoms with E-state index in [1.54, 1.807) is 24.3 Å². The van der Waals surface area contributed by atoms with Crippen molar-refractivity contribution in [1.82, 2.24) is 9.55 Å². The minimum atomic E-state index is -4.87. The number of aromatic amines is 1. The molecule has 1 aliphatic carbocycles. The predicted molar refractivity (Wildman–Crippen MR) is 157 cm³/mol. The predicted octanol–water partition coefficient (Wildman–Crippen LogP) is 7.68. The van der Waals surface area contributed by atoms with Gasteiger partial charge < -0.3 is 9.55 Å². The van der Waals surface area contributed by atoms with Gasteiger partial charge in [0.05, 0.1) is 27.4 Å². The maximum Gasteiger partial charge on any atom is 0.332 e. The maximum absolute atomic E-state index is 14.2. The summed E-state index contributed by atoms with van der Waals surface area (Å²) >= 11 is 0. The van der Waals surface area contributed by atoms with Gasteiger partial charge in [-0.05, 0) is 78.8 Å². The van der Waals surface area contributed by atoms with Gasteiger partial charge in [-0.2, -0.15) is 13.7 Å². The maximum atomic E-state index is 14.2. The van der Waals surface area contributed by atoms with Crippen LogP contribution in [0.4, 0.5) is 3.89 Å². The molecule has 1 N–H and O–H groups in total. The van der Waals surface area contributed by atoms with Crippen LogP contribution in [-0.4, -0.2) is 18.0 Å². The molecule has 0 unspecified atom stereocenters. The van der Waals surface area contributed by atoms with Crippen LogP contribution in [0, 0.1) is 11.3 Å². The molecule has 0 saturated heterocycles. The molecular weight excluding hydrogens is 525 g/mol. The fourth-order valence-electron chi connectivity index (χ4n) is 6.31. The minimum absolute atomic E-state index is 0.0718. The SMILES string of the molecule is CCCCc1cc2c(=O)c3c4ccc(C#N)cc4[nH]c3n(C3CCCCC3)c2cc1-c1cccc(S(=O)(=O)F)c1. The van der Waals surface area contributed by atoms with Crippen molar-refractivity contribution >= 4 is 43.1 Å². The van der Waals surface area contributed by atoms with Crippen molar-refractivity contribution in [2.24, 2.45) is 0 Å². The summed E-state index contributed by atoms with van der Waals surface area (Å²) in [6.07, 6.45) is 7.87. The first-order chi connectivity index (χ1) is 19.3. The van der Waals surface area contributed by atoms with E-state index in [-0.39, 0.29) is 16.4 Å². The second-order valence-corrected chi connectivity index (χ2v) is 12.2. The van der Waals surface area contributed by atoms with E-state index in [1.165, 1.54) is 18.6 Å². The van der Waals surface area contributed by atoms with Gasteiger partial charge in [-0.1, -0.05) is 50.8 Å². The highest BCUT2D eigenvalue weighted by atomic mass is 32.3. The zero-order valence-corrected chi connectivity index (χ0v) is 23.2. The largest absolute Gasteiger partial charge is 0.340 e. The second-order valence-electron chi connectivity index (χ2n) is 10.8. The number of hydrogen-bond acceptors (Lipinski definition) is 4. The van der Waals surface area contributed by atoms with Crippen molar-refractivity contribution < 1.29 is 12.3 Å². The van der Waals surface area contributed by atoms with E-state index in [4.69, 9.17) is 0 Å². The summed E-state index contributed by atoms with van der Waals surface area (Å²) in [5.74, 6) is 0. The van der Waals surface area contributed by atoms with Gasteiger partial charge in [0.25, 0.3) is 0 Å². The number of benzene rings is 3. The molecule has 8 heteroatoms. The standard InChI is InChI=1S/C32H30FN3O3S/c1-2-3-8-22-17-27-29(18-26(22)21-9-7-12-24(16-21)40(33,38)39)36(23-10-5-4-6-11-23)32-30(31(27)37)25-14-13-20(19-34)15-28(25)35-32/h7,9,12-18,23,35H,2-6,8,10-11H2,1H3.